The van der Waals surface area contributed by atoms with Crippen LogP contribution in [-0.4, -0.2) is 11.5 Å². The molecule has 0 aliphatic carbocycles. The third kappa shape index (κ3) is 3.79. The quantitative estimate of drug-likeness (QED) is 0.887. The van der Waals surface area contributed by atoms with Gasteiger partial charge in [-0.1, -0.05) is 30.7 Å². The molecule has 0 bridgehead atoms. The van der Waals surface area contributed by atoms with Crippen molar-refractivity contribution >= 4 is 11.6 Å². The van der Waals surface area contributed by atoms with Crippen LogP contribution in [0.4, 0.5) is 0 Å². The number of pyridine rings is 1. The highest BCUT2D eigenvalue weighted by Crippen LogP contribution is 2.22. The van der Waals surface area contributed by atoms with E-state index in [2.05, 4.69) is 42.3 Å². The smallest absolute Gasteiger partial charge is 0.0751 e. The molecule has 0 amide bonds. The molecule has 0 saturated carbocycles. The first-order valence-electron chi connectivity index (χ1n) is 6.62. The van der Waals surface area contributed by atoms with Gasteiger partial charge in [0.1, 0.15) is 0 Å². The normalized spacial score (nSPS) is 12.4. The van der Waals surface area contributed by atoms with Gasteiger partial charge in [-0.3, -0.25) is 4.98 Å². The Morgan fingerprint density at radius 2 is 1.95 bits per heavy atom. The summed E-state index contributed by atoms with van der Waals surface area (Å²) in [5, 5.41) is 4.30. The Bertz CT molecular complexity index is 523. The van der Waals surface area contributed by atoms with Gasteiger partial charge in [0, 0.05) is 11.2 Å². The van der Waals surface area contributed by atoms with Gasteiger partial charge >= 0.3 is 0 Å². The number of aromatic nitrogens is 1. The van der Waals surface area contributed by atoms with E-state index in [1.54, 1.807) is 0 Å². The molecular weight excluding hydrogens is 256 g/mol. The fourth-order valence-electron chi connectivity index (χ4n) is 2.05. The minimum Gasteiger partial charge on any atom is -0.305 e. The third-order valence-electron chi connectivity index (χ3n) is 3.03. The second-order valence-corrected chi connectivity index (χ2v) is 5.13. The third-order valence-corrected chi connectivity index (χ3v) is 3.29. The first-order valence-corrected chi connectivity index (χ1v) is 7.00. The number of rotatable bonds is 5. The number of halogens is 1. The minimum absolute atomic E-state index is 0.122. The van der Waals surface area contributed by atoms with Gasteiger partial charge in [-0.05, 0) is 55.3 Å². The summed E-state index contributed by atoms with van der Waals surface area (Å²) < 4.78 is 0. The summed E-state index contributed by atoms with van der Waals surface area (Å²) in [6, 6.07) is 12.2. The Hall–Kier alpha value is -1.38. The van der Waals surface area contributed by atoms with Crippen LogP contribution in [0.25, 0.3) is 0 Å². The monoisotopic (exact) mass is 274 g/mol. The lowest BCUT2D eigenvalue weighted by atomic mass is 10.0. The van der Waals surface area contributed by atoms with E-state index < -0.39 is 0 Å². The summed E-state index contributed by atoms with van der Waals surface area (Å²) in [7, 11) is 0. The van der Waals surface area contributed by atoms with E-state index in [9.17, 15) is 0 Å². The maximum Gasteiger partial charge on any atom is 0.0751 e. The molecular formula is C16H19ClN2. The van der Waals surface area contributed by atoms with Crippen molar-refractivity contribution in [2.45, 2.75) is 26.3 Å². The highest BCUT2D eigenvalue weighted by Gasteiger charge is 2.14. The van der Waals surface area contributed by atoms with E-state index in [1.807, 2.05) is 24.4 Å². The highest BCUT2D eigenvalue weighted by molar-refractivity contribution is 6.30. The van der Waals surface area contributed by atoms with Crippen molar-refractivity contribution in [1.29, 1.82) is 0 Å². The first kappa shape index (κ1) is 14.0. The number of aryl methyl sites for hydroxylation is 1. The zero-order valence-corrected chi connectivity index (χ0v) is 12.1. The number of nitrogens with one attached hydrogen (secondary N) is 1. The van der Waals surface area contributed by atoms with Gasteiger partial charge in [-0.15, -0.1) is 0 Å². The molecule has 19 heavy (non-hydrogen) atoms. The Balaban J connectivity index is 2.32. The summed E-state index contributed by atoms with van der Waals surface area (Å²) in [5.74, 6) is 0. The van der Waals surface area contributed by atoms with Crippen molar-refractivity contribution in [3.8, 4) is 0 Å². The van der Waals surface area contributed by atoms with E-state index in [4.69, 9.17) is 11.6 Å². The molecule has 100 valence electrons. The predicted octanol–water partition coefficient (Wildman–Crippen LogP) is 4.13. The molecule has 1 unspecified atom stereocenters. The molecule has 0 fully saturated rings. The number of hydrogen-bond acceptors (Lipinski definition) is 2. The van der Waals surface area contributed by atoms with E-state index in [-0.39, 0.29) is 6.04 Å². The molecule has 1 aromatic heterocycles. The number of hydrogen-bond donors (Lipinski definition) is 1. The fraction of sp³-hybridized carbons (Fsp3) is 0.312. The van der Waals surface area contributed by atoms with Gasteiger partial charge < -0.3 is 5.32 Å². The van der Waals surface area contributed by atoms with Crippen LogP contribution in [0.1, 0.15) is 36.2 Å². The topological polar surface area (TPSA) is 24.9 Å². The summed E-state index contributed by atoms with van der Waals surface area (Å²) in [4.78, 5) is 4.50. The second kappa shape index (κ2) is 6.69. The van der Waals surface area contributed by atoms with Crippen LogP contribution in [0.3, 0.4) is 0 Å². The maximum absolute atomic E-state index is 5.96. The van der Waals surface area contributed by atoms with Gasteiger partial charge in [-0.25, -0.2) is 0 Å². The zero-order chi connectivity index (χ0) is 13.7. The average Bonchev–Trinajstić information content (AvgIpc) is 2.41. The first-order chi connectivity index (χ1) is 9.20. The van der Waals surface area contributed by atoms with Gasteiger partial charge in [0.2, 0.25) is 0 Å². The Morgan fingerprint density at radius 3 is 2.58 bits per heavy atom. The fourth-order valence-corrected chi connectivity index (χ4v) is 2.18. The van der Waals surface area contributed by atoms with Crippen molar-refractivity contribution in [3.05, 3.63) is 64.4 Å². The Kier molecular flexibility index (Phi) is 4.94. The summed E-state index contributed by atoms with van der Waals surface area (Å²) in [6.45, 7) is 5.21. The molecule has 1 heterocycles. The van der Waals surface area contributed by atoms with E-state index in [1.165, 1.54) is 11.1 Å². The summed E-state index contributed by atoms with van der Waals surface area (Å²) in [6.07, 6.45) is 2.96. The molecule has 1 aromatic carbocycles. The average molecular weight is 275 g/mol. The van der Waals surface area contributed by atoms with Gasteiger partial charge in [-0.2, -0.15) is 0 Å². The van der Waals surface area contributed by atoms with Crippen LogP contribution in [0, 0.1) is 6.92 Å². The molecule has 2 rings (SSSR count). The zero-order valence-electron chi connectivity index (χ0n) is 11.4. The summed E-state index contributed by atoms with van der Waals surface area (Å²) in [5.41, 5.74) is 3.47. The predicted molar refractivity (Wildman–Crippen MR) is 80.6 cm³/mol. The molecule has 0 radical (unpaired) electrons. The summed E-state index contributed by atoms with van der Waals surface area (Å²) >= 11 is 5.96. The Morgan fingerprint density at radius 1 is 1.21 bits per heavy atom. The largest absolute Gasteiger partial charge is 0.305 e. The van der Waals surface area contributed by atoms with E-state index in [0.717, 1.165) is 23.7 Å². The molecule has 1 N–H and O–H groups in total. The van der Waals surface area contributed by atoms with Gasteiger partial charge in [0.25, 0.3) is 0 Å². The molecule has 3 heteroatoms. The number of benzene rings is 1. The highest BCUT2D eigenvalue weighted by atomic mass is 35.5. The lowest BCUT2D eigenvalue weighted by molar-refractivity contribution is 0.586. The number of nitrogens with zero attached hydrogens (tertiary/aromatic N) is 1. The van der Waals surface area contributed by atoms with Crippen LogP contribution in [0.15, 0.2) is 42.6 Å². The molecule has 0 saturated heterocycles. The SMILES string of the molecule is CCCNC(c1ccc(Cl)cc1)c1cc(C)ccn1. The van der Waals surface area contributed by atoms with Crippen LogP contribution in [0.2, 0.25) is 5.02 Å². The van der Waals surface area contributed by atoms with E-state index >= 15 is 0 Å². The van der Waals surface area contributed by atoms with Gasteiger partial charge in [0.15, 0.2) is 0 Å². The molecule has 2 aromatic rings. The molecule has 0 aliphatic heterocycles. The van der Waals surface area contributed by atoms with Crippen LogP contribution >= 0.6 is 11.6 Å². The lowest BCUT2D eigenvalue weighted by Crippen LogP contribution is -2.24. The van der Waals surface area contributed by atoms with Crippen LogP contribution in [-0.2, 0) is 0 Å². The lowest BCUT2D eigenvalue weighted by Gasteiger charge is -2.19. The molecule has 0 spiro atoms. The van der Waals surface area contributed by atoms with Crippen molar-refractivity contribution in [2.75, 3.05) is 6.54 Å². The second-order valence-electron chi connectivity index (χ2n) is 4.70. The maximum atomic E-state index is 5.96. The van der Waals surface area contributed by atoms with Crippen molar-refractivity contribution in [2.24, 2.45) is 0 Å². The molecule has 2 nitrogen and oxygen atoms in total. The van der Waals surface area contributed by atoms with Crippen LogP contribution < -0.4 is 5.32 Å². The van der Waals surface area contributed by atoms with Gasteiger partial charge in [0.05, 0.1) is 11.7 Å². The molecule has 1 atom stereocenters. The minimum atomic E-state index is 0.122. The van der Waals surface area contributed by atoms with Crippen molar-refractivity contribution in [1.82, 2.24) is 10.3 Å². The van der Waals surface area contributed by atoms with Crippen molar-refractivity contribution < 1.29 is 0 Å². The van der Waals surface area contributed by atoms with Crippen LogP contribution in [0.5, 0.6) is 0 Å². The van der Waals surface area contributed by atoms with Crippen molar-refractivity contribution in [3.63, 3.8) is 0 Å². The Labute approximate surface area is 119 Å². The molecule has 0 aliphatic rings. The standard InChI is InChI=1S/C16H19ClN2/c1-3-9-19-16(13-4-6-14(17)7-5-13)15-11-12(2)8-10-18-15/h4-8,10-11,16,19H,3,9H2,1-2H3. The van der Waals surface area contributed by atoms with E-state index in [0.29, 0.717) is 0 Å².